The summed E-state index contributed by atoms with van der Waals surface area (Å²) in [6.07, 6.45) is 14.3. The molecule has 0 aromatic heterocycles. The lowest BCUT2D eigenvalue weighted by Gasteiger charge is -2.20. The molecule has 4 rings (SSSR count). The average Bonchev–Trinajstić information content (AvgIpc) is 2.94. The van der Waals surface area contributed by atoms with Gasteiger partial charge in [-0.25, -0.2) is 12.8 Å². The Bertz CT molecular complexity index is 1400. The van der Waals surface area contributed by atoms with Gasteiger partial charge >= 0.3 is 0 Å². The fourth-order valence-corrected chi connectivity index (χ4v) is 5.20. The topological polar surface area (TPSA) is 89.3 Å². The molecule has 1 amide bonds. The number of sulfone groups is 1. The van der Waals surface area contributed by atoms with E-state index in [-0.39, 0.29) is 17.8 Å². The van der Waals surface area contributed by atoms with Crippen molar-refractivity contribution in [3.63, 3.8) is 0 Å². The van der Waals surface area contributed by atoms with Crippen molar-refractivity contribution >= 4 is 15.7 Å². The highest BCUT2D eigenvalue weighted by Gasteiger charge is 2.25. The van der Waals surface area contributed by atoms with Crippen molar-refractivity contribution in [1.82, 2.24) is 5.32 Å². The van der Waals surface area contributed by atoms with E-state index in [0.717, 1.165) is 28.2 Å². The first-order valence-electron chi connectivity index (χ1n) is 14.4. The fourth-order valence-electron chi connectivity index (χ4n) is 4.57. The number of primary amides is 1. The Morgan fingerprint density at radius 1 is 0.976 bits per heavy atom. The van der Waals surface area contributed by atoms with Crippen molar-refractivity contribution in [3.05, 3.63) is 89.7 Å². The SMILES string of the molecule is C#CN[C@H](C)c1ccc(F)cc1.CC(C)(Cc1ccc(-c2ccc(S(C)(=O)=O)cc2)cc1)C(N)=O.CC1CCCCC1. The van der Waals surface area contributed by atoms with E-state index in [9.17, 15) is 17.6 Å². The minimum Gasteiger partial charge on any atom is -0.369 e. The van der Waals surface area contributed by atoms with E-state index in [1.165, 1.54) is 50.5 Å². The molecule has 1 aliphatic carbocycles. The molecule has 42 heavy (non-hydrogen) atoms. The van der Waals surface area contributed by atoms with E-state index in [4.69, 9.17) is 12.2 Å². The highest BCUT2D eigenvalue weighted by Crippen LogP contribution is 2.26. The van der Waals surface area contributed by atoms with Gasteiger partial charge in [-0.2, -0.15) is 0 Å². The molecule has 0 heterocycles. The van der Waals surface area contributed by atoms with E-state index in [0.29, 0.717) is 11.3 Å². The van der Waals surface area contributed by atoms with Gasteiger partial charge in [0, 0.05) is 17.7 Å². The predicted molar refractivity (Wildman–Crippen MR) is 171 cm³/mol. The summed E-state index contributed by atoms with van der Waals surface area (Å²) in [5, 5.41) is 2.79. The van der Waals surface area contributed by atoms with Gasteiger partial charge in [-0.05, 0) is 65.8 Å². The molecule has 0 saturated heterocycles. The van der Waals surface area contributed by atoms with Crippen molar-refractivity contribution in [1.29, 1.82) is 0 Å². The van der Waals surface area contributed by atoms with Crippen LogP contribution in [0.2, 0.25) is 0 Å². The molecule has 5 nitrogen and oxygen atoms in total. The second-order valence-electron chi connectivity index (χ2n) is 11.7. The number of halogens is 1. The maximum absolute atomic E-state index is 12.5. The molecule has 226 valence electrons. The van der Waals surface area contributed by atoms with Crippen LogP contribution in [0.4, 0.5) is 4.39 Å². The number of nitrogens with two attached hydrogens (primary N) is 1. The number of carbonyl (C=O) groups excluding carboxylic acids is 1. The summed E-state index contributed by atoms with van der Waals surface area (Å²) in [6.45, 7) is 7.94. The first kappa shape index (κ1) is 34.6. The molecule has 1 atom stereocenters. The average molecular weight is 593 g/mol. The van der Waals surface area contributed by atoms with Crippen LogP contribution in [0.3, 0.4) is 0 Å². The summed E-state index contributed by atoms with van der Waals surface area (Å²) in [5.74, 6) is 0.485. The molecule has 1 fully saturated rings. The van der Waals surface area contributed by atoms with Crippen molar-refractivity contribution < 1.29 is 17.6 Å². The van der Waals surface area contributed by atoms with Crippen molar-refractivity contribution in [2.24, 2.45) is 17.1 Å². The van der Waals surface area contributed by atoms with Gasteiger partial charge in [-0.15, -0.1) is 0 Å². The largest absolute Gasteiger partial charge is 0.369 e. The second-order valence-corrected chi connectivity index (χ2v) is 13.7. The quantitative estimate of drug-likeness (QED) is 0.220. The lowest BCUT2D eigenvalue weighted by atomic mass is 9.85. The number of benzene rings is 3. The number of nitrogens with one attached hydrogen (secondary N) is 1. The van der Waals surface area contributed by atoms with Crippen LogP contribution >= 0.6 is 0 Å². The normalized spacial score (nSPS) is 14.2. The predicted octanol–water partition coefficient (Wildman–Crippen LogP) is 7.46. The van der Waals surface area contributed by atoms with Gasteiger partial charge in [-0.3, -0.25) is 4.79 Å². The molecule has 0 bridgehead atoms. The maximum atomic E-state index is 12.5. The van der Waals surface area contributed by atoms with Crippen LogP contribution in [0.15, 0.2) is 77.7 Å². The van der Waals surface area contributed by atoms with E-state index < -0.39 is 15.3 Å². The van der Waals surface area contributed by atoms with Gasteiger partial charge in [0.05, 0.1) is 10.9 Å². The van der Waals surface area contributed by atoms with Crippen molar-refractivity contribution in [2.45, 2.75) is 77.2 Å². The summed E-state index contributed by atoms with van der Waals surface area (Å²) in [7, 11) is -3.18. The Morgan fingerprint density at radius 2 is 1.48 bits per heavy atom. The molecule has 1 aliphatic rings. The molecular weight excluding hydrogens is 547 g/mol. The van der Waals surface area contributed by atoms with Gasteiger partial charge in [0.15, 0.2) is 9.84 Å². The highest BCUT2D eigenvalue weighted by atomic mass is 32.2. The number of amides is 1. The monoisotopic (exact) mass is 592 g/mol. The molecule has 0 radical (unpaired) electrons. The van der Waals surface area contributed by atoms with E-state index >= 15 is 0 Å². The molecule has 0 aliphatic heterocycles. The molecule has 7 heteroatoms. The summed E-state index contributed by atoms with van der Waals surface area (Å²) in [4.78, 5) is 11.7. The number of hydrogen-bond donors (Lipinski definition) is 2. The molecule has 0 spiro atoms. The van der Waals surface area contributed by atoms with Crippen LogP contribution in [-0.2, 0) is 21.1 Å². The number of hydrogen-bond acceptors (Lipinski definition) is 4. The zero-order chi connectivity index (χ0) is 31.3. The van der Waals surface area contributed by atoms with E-state index in [2.05, 4.69) is 18.3 Å². The molecule has 0 unspecified atom stereocenters. The van der Waals surface area contributed by atoms with Gasteiger partial charge in [0.25, 0.3) is 0 Å². The molecule has 3 aromatic rings. The highest BCUT2D eigenvalue weighted by molar-refractivity contribution is 7.90. The Labute approximate surface area is 252 Å². The zero-order valence-electron chi connectivity index (χ0n) is 25.5. The summed E-state index contributed by atoms with van der Waals surface area (Å²) in [6, 6.07) is 23.3. The number of rotatable bonds is 7. The first-order chi connectivity index (χ1) is 19.7. The van der Waals surface area contributed by atoms with E-state index in [1.807, 2.05) is 45.0 Å². The Hall–Kier alpha value is -3.63. The fraction of sp³-hybridized carbons (Fsp3) is 0.400. The van der Waals surface area contributed by atoms with Gasteiger partial charge in [-0.1, -0.05) is 108 Å². The summed E-state index contributed by atoms with van der Waals surface area (Å²) >= 11 is 0. The smallest absolute Gasteiger partial charge is 0.223 e. The van der Waals surface area contributed by atoms with Gasteiger partial charge < -0.3 is 11.1 Å². The van der Waals surface area contributed by atoms with E-state index in [1.54, 1.807) is 36.4 Å². The third kappa shape index (κ3) is 11.7. The number of carbonyl (C=O) groups is 1. The minimum absolute atomic E-state index is 0.0654. The van der Waals surface area contributed by atoms with Crippen LogP contribution in [0.25, 0.3) is 11.1 Å². The standard InChI is InChI=1S/C18H21NO3S.C10H10FN.C7H14/c1-18(2,17(19)20)12-13-4-6-14(7-5-13)15-8-10-16(11-9-15)23(3,21)22;1-3-12-8(2)9-4-6-10(11)7-5-9;1-7-5-3-2-4-6-7/h4-11H,12H2,1-3H3,(H2,19,20);1,4-8,12H,2H3;7H,2-6H2,1H3/t;8-;/m.1./s1. The Kier molecular flexibility index (Phi) is 13.3. The van der Waals surface area contributed by atoms with Crippen LogP contribution in [0.1, 0.15) is 77.0 Å². The third-order valence-corrected chi connectivity index (χ3v) is 8.57. The maximum Gasteiger partial charge on any atom is 0.223 e. The van der Waals surface area contributed by atoms with Crippen LogP contribution in [0, 0.1) is 29.6 Å². The lowest BCUT2D eigenvalue weighted by molar-refractivity contribution is -0.125. The number of terminal acetylenes is 1. The first-order valence-corrected chi connectivity index (χ1v) is 16.3. The Morgan fingerprint density at radius 3 is 1.88 bits per heavy atom. The van der Waals surface area contributed by atoms with Crippen molar-refractivity contribution in [2.75, 3.05) is 6.26 Å². The zero-order valence-corrected chi connectivity index (χ0v) is 26.3. The molecular formula is C35H45FN2O3S. The van der Waals surface area contributed by atoms with Crippen LogP contribution < -0.4 is 11.1 Å². The van der Waals surface area contributed by atoms with Crippen LogP contribution in [-0.4, -0.2) is 20.6 Å². The van der Waals surface area contributed by atoms with Gasteiger partial charge in [0.1, 0.15) is 5.82 Å². The lowest BCUT2D eigenvalue weighted by Crippen LogP contribution is -2.33. The minimum atomic E-state index is -3.18. The second kappa shape index (κ2) is 16.1. The molecule has 3 aromatic carbocycles. The Balaban J connectivity index is 0.000000267. The van der Waals surface area contributed by atoms with Crippen LogP contribution in [0.5, 0.6) is 0 Å². The summed E-state index contributed by atoms with van der Waals surface area (Å²) in [5.41, 5.74) is 8.76. The summed E-state index contributed by atoms with van der Waals surface area (Å²) < 4.78 is 35.4. The van der Waals surface area contributed by atoms with Crippen molar-refractivity contribution in [3.8, 4) is 23.6 Å². The molecule has 3 N–H and O–H groups in total. The molecule has 1 saturated carbocycles. The van der Waals surface area contributed by atoms with Gasteiger partial charge in [0.2, 0.25) is 5.91 Å². The third-order valence-electron chi connectivity index (χ3n) is 7.45.